The Morgan fingerprint density at radius 2 is 1.11 bits per heavy atom. The first-order chi connectivity index (χ1) is 21.6. The number of hydrogen-bond donors (Lipinski definition) is 4. The predicted molar refractivity (Wildman–Crippen MR) is 146 cm³/mol. The van der Waals surface area contributed by atoms with E-state index in [9.17, 15) is 38.4 Å². The molecule has 0 bridgehead atoms. The molecule has 1 aliphatic rings. The number of carbonyl (C=O) groups is 8. The first-order valence-corrected chi connectivity index (χ1v) is 13.4. The largest absolute Gasteiger partial charge is 0.454 e. The molecule has 1 unspecified atom stereocenters. The molecule has 1 aromatic carbocycles. The molecule has 3 rings (SSSR count). The Labute approximate surface area is 255 Å². The molecule has 1 atom stereocenters. The van der Waals surface area contributed by atoms with Gasteiger partial charge >= 0.3 is 23.9 Å². The molecule has 0 spiro atoms. The van der Waals surface area contributed by atoms with E-state index < -0.39 is 99.6 Å². The summed E-state index contributed by atoms with van der Waals surface area (Å²) in [5.74, 6) is -7.53. The number of esters is 4. The normalized spacial score (nSPS) is 18.9. The van der Waals surface area contributed by atoms with E-state index in [2.05, 4.69) is 35.8 Å². The minimum Gasteiger partial charge on any atom is -0.454 e. The van der Waals surface area contributed by atoms with Crippen LogP contribution in [0.5, 0.6) is 0 Å². The van der Waals surface area contributed by atoms with E-state index in [0.717, 1.165) is 5.56 Å². The van der Waals surface area contributed by atoms with Crippen molar-refractivity contribution in [2.45, 2.75) is 19.0 Å². The Balaban J connectivity index is 1.64. The first kappa shape index (κ1) is 33.7. The van der Waals surface area contributed by atoms with Gasteiger partial charge in [0.15, 0.2) is 26.4 Å². The molecule has 1 fully saturated rings. The second kappa shape index (κ2) is 17.3. The van der Waals surface area contributed by atoms with E-state index in [1.807, 2.05) is 0 Å². The van der Waals surface area contributed by atoms with Gasteiger partial charge in [-0.2, -0.15) is 5.10 Å². The molecule has 1 aliphatic heterocycles. The highest BCUT2D eigenvalue weighted by molar-refractivity contribution is 5.90. The highest BCUT2D eigenvalue weighted by Crippen LogP contribution is 2.10. The van der Waals surface area contributed by atoms with Gasteiger partial charge in [0.1, 0.15) is 25.7 Å². The van der Waals surface area contributed by atoms with Gasteiger partial charge in [0.2, 0.25) is 0 Å². The van der Waals surface area contributed by atoms with Crippen molar-refractivity contribution in [1.29, 1.82) is 0 Å². The van der Waals surface area contributed by atoms with Crippen LogP contribution in [0, 0.1) is 0 Å². The molecule has 4 N–H and O–H groups in total. The zero-order valence-corrected chi connectivity index (χ0v) is 23.8. The van der Waals surface area contributed by atoms with Crippen LogP contribution in [0.2, 0.25) is 0 Å². The minimum atomic E-state index is -1.32. The van der Waals surface area contributed by atoms with Gasteiger partial charge < -0.3 is 40.2 Å². The van der Waals surface area contributed by atoms with Crippen molar-refractivity contribution in [3.05, 3.63) is 53.9 Å². The van der Waals surface area contributed by atoms with E-state index in [-0.39, 0.29) is 6.42 Å². The molecule has 18 nitrogen and oxygen atoms in total. The average Bonchev–Trinajstić information content (AvgIpc) is 3.54. The number of nitrogens with zero attached hydrogens (tertiary/aromatic N) is 2. The Morgan fingerprint density at radius 1 is 0.644 bits per heavy atom. The Morgan fingerprint density at radius 3 is 1.60 bits per heavy atom. The van der Waals surface area contributed by atoms with Crippen molar-refractivity contribution in [3.8, 4) is 0 Å². The van der Waals surface area contributed by atoms with Gasteiger partial charge in [-0.15, -0.1) is 0 Å². The summed E-state index contributed by atoms with van der Waals surface area (Å²) in [5.41, 5.74) is 1.53. The third kappa shape index (κ3) is 12.9. The predicted octanol–water partition coefficient (Wildman–Crippen LogP) is -3.51. The van der Waals surface area contributed by atoms with Crippen LogP contribution in [-0.2, 0) is 70.3 Å². The third-order valence-electron chi connectivity index (χ3n) is 5.71. The number of ether oxygens (including phenoxy) is 4. The van der Waals surface area contributed by atoms with Crippen LogP contribution in [0.4, 0.5) is 0 Å². The molecule has 1 aromatic heterocycles. The van der Waals surface area contributed by atoms with Crippen LogP contribution in [0.25, 0.3) is 0 Å². The Hall–Kier alpha value is -5.81. The van der Waals surface area contributed by atoms with Crippen molar-refractivity contribution in [1.82, 2.24) is 31.0 Å². The summed E-state index contributed by atoms with van der Waals surface area (Å²) in [5, 5.41) is 12.9. The minimum absolute atomic E-state index is 0.0641. The zero-order valence-electron chi connectivity index (χ0n) is 23.8. The number of cyclic esters (lactones) is 4. The molecule has 18 heteroatoms. The van der Waals surface area contributed by atoms with Crippen LogP contribution in [-0.4, -0.2) is 109 Å². The van der Waals surface area contributed by atoms with Crippen LogP contribution < -0.4 is 21.3 Å². The van der Waals surface area contributed by atoms with Gasteiger partial charge in [-0.3, -0.25) is 38.2 Å². The highest BCUT2D eigenvalue weighted by atomic mass is 16.6. The van der Waals surface area contributed by atoms with Crippen LogP contribution >= 0.6 is 0 Å². The van der Waals surface area contributed by atoms with Gasteiger partial charge in [0.25, 0.3) is 23.6 Å². The fourth-order valence-electron chi connectivity index (χ4n) is 3.52. The second-order valence-corrected chi connectivity index (χ2v) is 9.26. The van der Waals surface area contributed by atoms with Crippen molar-refractivity contribution in [2.24, 2.45) is 0 Å². The lowest BCUT2D eigenvalue weighted by Crippen LogP contribution is -2.46. The summed E-state index contributed by atoms with van der Waals surface area (Å²) in [6.45, 7) is -4.70. The topological polar surface area (TPSA) is 239 Å². The van der Waals surface area contributed by atoms with Gasteiger partial charge in [-0.1, -0.05) is 24.3 Å². The number of nitrogens with one attached hydrogen (secondary N) is 4. The van der Waals surface area contributed by atoms with E-state index >= 15 is 0 Å². The molecule has 240 valence electrons. The van der Waals surface area contributed by atoms with Gasteiger partial charge in [-0.25, -0.2) is 4.79 Å². The molecular weight excluding hydrogens is 600 g/mol. The molecule has 2 aromatic rings. The Kier molecular flexibility index (Phi) is 13.0. The fraction of sp³-hybridized carbons (Fsp3) is 0.370. The van der Waals surface area contributed by atoms with Crippen LogP contribution in [0.3, 0.4) is 0 Å². The summed E-state index contributed by atoms with van der Waals surface area (Å²) < 4.78 is 20.9. The molecular formula is C27H30N6O12. The lowest BCUT2D eigenvalue weighted by molar-refractivity contribution is -0.154. The number of rotatable bonds is 4. The van der Waals surface area contributed by atoms with E-state index in [0.29, 0.717) is 12.1 Å². The second-order valence-electron chi connectivity index (χ2n) is 9.26. The maximum Gasteiger partial charge on any atom is 0.329 e. The Bertz CT molecular complexity index is 1390. The van der Waals surface area contributed by atoms with E-state index in [1.54, 1.807) is 47.4 Å². The van der Waals surface area contributed by atoms with Gasteiger partial charge in [0, 0.05) is 18.8 Å². The summed E-state index contributed by atoms with van der Waals surface area (Å²) in [4.78, 5) is 96.6. The lowest BCUT2D eigenvalue weighted by Gasteiger charge is -2.18. The summed E-state index contributed by atoms with van der Waals surface area (Å²) >= 11 is 0. The molecule has 45 heavy (non-hydrogen) atoms. The fourth-order valence-corrected chi connectivity index (χ4v) is 3.52. The van der Waals surface area contributed by atoms with Crippen molar-refractivity contribution < 1.29 is 57.3 Å². The SMILES string of the molecule is O=C1COC(=O)CNC(=O)COC(=O)C(Cc2ccc(Cn3cccn3)cc2)NC(=O)COC(=O)CNC(=O)COC(=O)CN1. The number of aromatic nitrogens is 2. The van der Waals surface area contributed by atoms with E-state index in [4.69, 9.17) is 9.47 Å². The molecule has 1 saturated heterocycles. The summed E-state index contributed by atoms with van der Waals surface area (Å²) in [7, 11) is 0. The summed E-state index contributed by atoms with van der Waals surface area (Å²) in [6.07, 6.45) is 3.38. The van der Waals surface area contributed by atoms with Crippen molar-refractivity contribution in [2.75, 3.05) is 46.1 Å². The monoisotopic (exact) mass is 630 g/mol. The van der Waals surface area contributed by atoms with Crippen LogP contribution in [0.15, 0.2) is 42.7 Å². The van der Waals surface area contributed by atoms with E-state index in [1.165, 1.54) is 0 Å². The van der Waals surface area contributed by atoms with Gasteiger partial charge in [-0.05, 0) is 17.2 Å². The standard InChI is InChI=1S/C27H30N6O12/c34-20-13-43-25(39)10-30-22(36)15-45-27(41)19(8-17-2-4-18(5-3-17)12-33-7-1-6-31-33)32-23(37)16-44-26(40)11-29-21(35)14-42-24(38)9-28-20/h1-7,19H,8-16H2,(H,28,34)(H,29,35)(H,30,36)(H,32,37). The maximum atomic E-state index is 12.9. The number of benzene rings is 1. The lowest BCUT2D eigenvalue weighted by atomic mass is 10.0. The number of hydrogen-bond acceptors (Lipinski definition) is 13. The molecule has 0 aliphatic carbocycles. The number of amides is 4. The van der Waals surface area contributed by atoms with Gasteiger partial charge in [0.05, 0.1) is 6.54 Å². The van der Waals surface area contributed by atoms with Crippen molar-refractivity contribution >= 4 is 47.5 Å². The molecule has 2 heterocycles. The molecule has 0 radical (unpaired) electrons. The third-order valence-corrected chi connectivity index (χ3v) is 5.71. The number of carbonyl (C=O) groups excluding carboxylic acids is 8. The molecule has 4 amide bonds. The average molecular weight is 631 g/mol. The zero-order chi connectivity index (χ0) is 32.6. The van der Waals surface area contributed by atoms with Crippen LogP contribution in [0.1, 0.15) is 11.1 Å². The van der Waals surface area contributed by atoms with Crippen molar-refractivity contribution in [3.63, 3.8) is 0 Å². The highest BCUT2D eigenvalue weighted by Gasteiger charge is 2.25. The smallest absolute Gasteiger partial charge is 0.329 e. The first-order valence-electron chi connectivity index (χ1n) is 13.4. The maximum absolute atomic E-state index is 12.9. The molecule has 0 saturated carbocycles. The quantitative estimate of drug-likeness (QED) is 0.190. The summed E-state index contributed by atoms with van der Waals surface area (Å²) in [6, 6.07) is 7.52.